The van der Waals surface area contributed by atoms with Crippen LogP contribution in [0.25, 0.3) is 0 Å². The summed E-state index contributed by atoms with van der Waals surface area (Å²) in [6.45, 7) is 2.03. The minimum atomic E-state index is 0.200. The van der Waals surface area contributed by atoms with Crippen LogP contribution < -0.4 is 4.74 Å². The van der Waals surface area contributed by atoms with Crippen molar-refractivity contribution in [2.45, 2.75) is 13.0 Å². The van der Waals surface area contributed by atoms with Crippen molar-refractivity contribution in [3.05, 3.63) is 23.8 Å². The molecule has 1 aliphatic rings. The zero-order chi connectivity index (χ0) is 8.55. The Morgan fingerprint density at radius 1 is 1.42 bits per heavy atom. The number of hydrogen-bond acceptors (Lipinski definition) is 3. The van der Waals surface area contributed by atoms with Crippen molar-refractivity contribution in [3.63, 3.8) is 0 Å². The number of methoxy groups -OCH3 is 1. The molecule has 1 atom stereocenters. The first-order chi connectivity index (χ1) is 5.81. The SMILES string of the molecule is COc1ccc2c(c1)N=NC2C. The Morgan fingerprint density at radius 2 is 2.25 bits per heavy atom. The first-order valence-electron chi connectivity index (χ1n) is 3.90. The van der Waals surface area contributed by atoms with Crippen molar-refractivity contribution in [3.8, 4) is 5.75 Å². The predicted octanol–water partition coefficient (Wildman–Crippen LogP) is 2.85. The van der Waals surface area contributed by atoms with Crippen molar-refractivity contribution in [2.75, 3.05) is 7.11 Å². The van der Waals surface area contributed by atoms with Crippen molar-refractivity contribution in [1.29, 1.82) is 0 Å². The highest BCUT2D eigenvalue weighted by Gasteiger charge is 2.15. The average molecular weight is 162 g/mol. The molecule has 3 heteroatoms. The summed E-state index contributed by atoms with van der Waals surface area (Å²) in [5.74, 6) is 0.835. The summed E-state index contributed by atoms with van der Waals surface area (Å²) in [7, 11) is 1.65. The molecule has 0 aliphatic carbocycles. The lowest BCUT2D eigenvalue weighted by Crippen LogP contribution is -1.85. The maximum atomic E-state index is 5.07. The minimum absolute atomic E-state index is 0.200. The zero-order valence-electron chi connectivity index (χ0n) is 7.11. The fourth-order valence-electron chi connectivity index (χ4n) is 1.30. The molecule has 0 saturated heterocycles. The Morgan fingerprint density at radius 3 is 3.00 bits per heavy atom. The van der Waals surface area contributed by atoms with Crippen LogP contribution in [-0.2, 0) is 0 Å². The summed E-state index contributed by atoms with van der Waals surface area (Å²) in [5.41, 5.74) is 2.11. The van der Waals surface area contributed by atoms with Crippen LogP contribution in [0, 0.1) is 0 Å². The molecule has 2 rings (SSSR count). The van der Waals surface area contributed by atoms with E-state index in [2.05, 4.69) is 10.2 Å². The van der Waals surface area contributed by atoms with Gasteiger partial charge in [0.15, 0.2) is 0 Å². The van der Waals surface area contributed by atoms with Gasteiger partial charge in [0.05, 0.1) is 18.8 Å². The van der Waals surface area contributed by atoms with Gasteiger partial charge in [-0.15, -0.1) is 0 Å². The van der Waals surface area contributed by atoms with Crippen LogP contribution in [0.4, 0.5) is 5.69 Å². The van der Waals surface area contributed by atoms with Crippen molar-refractivity contribution in [2.24, 2.45) is 10.2 Å². The third kappa shape index (κ3) is 0.978. The maximum absolute atomic E-state index is 5.07. The first kappa shape index (κ1) is 7.28. The monoisotopic (exact) mass is 162 g/mol. The largest absolute Gasteiger partial charge is 0.497 e. The number of rotatable bonds is 1. The van der Waals surface area contributed by atoms with Gasteiger partial charge in [-0.1, -0.05) is 6.07 Å². The van der Waals surface area contributed by atoms with Gasteiger partial charge in [0.25, 0.3) is 0 Å². The van der Waals surface area contributed by atoms with Gasteiger partial charge in [0.2, 0.25) is 0 Å². The number of azo groups is 1. The number of nitrogens with zero attached hydrogens (tertiary/aromatic N) is 2. The van der Waals surface area contributed by atoms with E-state index in [0.717, 1.165) is 11.4 Å². The molecule has 0 aromatic heterocycles. The van der Waals surface area contributed by atoms with E-state index in [1.54, 1.807) is 7.11 Å². The summed E-state index contributed by atoms with van der Waals surface area (Å²) in [6.07, 6.45) is 0. The summed E-state index contributed by atoms with van der Waals surface area (Å²) in [4.78, 5) is 0. The van der Waals surface area contributed by atoms with Crippen LogP contribution in [0.5, 0.6) is 5.75 Å². The molecule has 12 heavy (non-hydrogen) atoms. The predicted molar refractivity (Wildman–Crippen MR) is 45.9 cm³/mol. The normalized spacial score (nSPS) is 19.3. The van der Waals surface area contributed by atoms with Crippen molar-refractivity contribution >= 4 is 5.69 Å². The van der Waals surface area contributed by atoms with Crippen LogP contribution in [0.15, 0.2) is 28.4 Å². The standard InChI is InChI=1S/C9H10N2O/c1-6-8-4-3-7(12-2)5-9(8)11-10-6/h3-6H,1-2H3. The van der Waals surface area contributed by atoms with Crippen LogP contribution in [-0.4, -0.2) is 7.11 Å². The lowest BCUT2D eigenvalue weighted by molar-refractivity contribution is 0.415. The quantitative estimate of drug-likeness (QED) is 0.625. The first-order valence-corrected chi connectivity index (χ1v) is 3.90. The second-order valence-corrected chi connectivity index (χ2v) is 2.82. The van der Waals surface area contributed by atoms with Gasteiger partial charge in [-0.25, -0.2) is 0 Å². The molecule has 0 bridgehead atoms. The van der Waals surface area contributed by atoms with E-state index >= 15 is 0 Å². The Balaban J connectivity index is 2.47. The third-order valence-electron chi connectivity index (χ3n) is 2.03. The molecule has 1 heterocycles. The fraction of sp³-hybridized carbons (Fsp3) is 0.333. The van der Waals surface area contributed by atoms with Crippen molar-refractivity contribution in [1.82, 2.24) is 0 Å². The smallest absolute Gasteiger partial charge is 0.121 e. The van der Waals surface area contributed by atoms with E-state index < -0.39 is 0 Å². The van der Waals surface area contributed by atoms with Gasteiger partial charge in [-0.3, -0.25) is 0 Å². The van der Waals surface area contributed by atoms with Crippen LogP contribution in [0.1, 0.15) is 18.5 Å². The van der Waals surface area contributed by atoms with Gasteiger partial charge in [0.1, 0.15) is 5.75 Å². The van der Waals surface area contributed by atoms with E-state index in [9.17, 15) is 0 Å². The molecular weight excluding hydrogens is 152 g/mol. The van der Waals surface area contributed by atoms with Crippen LogP contribution >= 0.6 is 0 Å². The van der Waals surface area contributed by atoms with E-state index in [0.29, 0.717) is 0 Å². The lowest BCUT2D eigenvalue weighted by atomic mass is 10.1. The molecule has 0 amide bonds. The topological polar surface area (TPSA) is 34.0 Å². The molecule has 0 fully saturated rings. The van der Waals surface area contributed by atoms with Gasteiger partial charge < -0.3 is 4.74 Å². The number of fused-ring (bicyclic) bond motifs is 1. The Kier molecular flexibility index (Phi) is 1.57. The molecule has 1 aromatic rings. The maximum Gasteiger partial charge on any atom is 0.121 e. The number of hydrogen-bond donors (Lipinski definition) is 0. The molecule has 1 aliphatic heterocycles. The van der Waals surface area contributed by atoms with Crippen LogP contribution in [0.3, 0.4) is 0 Å². The molecule has 0 N–H and O–H groups in total. The molecule has 0 spiro atoms. The lowest BCUT2D eigenvalue weighted by Gasteiger charge is -2.02. The van der Waals surface area contributed by atoms with Crippen LogP contribution in [0.2, 0.25) is 0 Å². The van der Waals surface area contributed by atoms with Gasteiger partial charge >= 0.3 is 0 Å². The van der Waals surface area contributed by atoms with Gasteiger partial charge in [0, 0.05) is 11.6 Å². The molecule has 62 valence electrons. The van der Waals surface area contributed by atoms with E-state index in [1.807, 2.05) is 25.1 Å². The van der Waals surface area contributed by atoms with Crippen molar-refractivity contribution < 1.29 is 4.74 Å². The summed E-state index contributed by atoms with van der Waals surface area (Å²) in [6, 6.07) is 6.05. The zero-order valence-corrected chi connectivity index (χ0v) is 7.11. The second kappa shape index (κ2) is 2.59. The van der Waals surface area contributed by atoms with E-state index in [4.69, 9.17) is 4.74 Å². The summed E-state index contributed by atoms with van der Waals surface area (Å²) < 4.78 is 5.07. The highest BCUT2D eigenvalue weighted by atomic mass is 16.5. The van der Waals surface area contributed by atoms with Gasteiger partial charge in [-0.05, 0) is 13.0 Å². The summed E-state index contributed by atoms with van der Waals surface area (Å²) in [5, 5.41) is 8.08. The molecule has 3 nitrogen and oxygen atoms in total. The van der Waals surface area contributed by atoms with E-state index in [-0.39, 0.29) is 6.04 Å². The Labute approximate surface area is 71.1 Å². The highest BCUT2D eigenvalue weighted by molar-refractivity contribution is 5.53. The molecule has 1 unspecified atom stereocenters. The Hall–Kier alpha value is -1.38. The highest BCUT2D eigenvalue weighted by Crippen LogP contribution is 2.37. The molecule has 0 saturated carbocycles. The molecule has 0 radical (unpaired) electrons. The summed E-state index contributed by atoms with van der Waals surface area (Å²) >= 11 is 0. The minimum Gasteiger partial charge on any atom is -0.497 e. The third-order valence-corrected chi connectivity index (χ3v) is 2.03. The number of ether oxygens (including phenoxy) is 1. The Bertz CT molecular complexity index is 333. The molecule has 1 aromatic carbocycles. The second-order valence-electron chi connectivity index (χ2n) is 2.82. The fourth-order valence-corrected chi connectivity index (χ4v) is 1.30. The van der Waals surface area contributed by atoms with Gasteiger partial charge in [-0.2, -0.15) is 10.2 Å². The van der Waals surface area contributed by atoms with E-state index in [1.165, 1.54) is 5.56 Å². The average Bonchev–Trinajstić information content (AvgIpc) is 2.47. The number of benzene rings is 1. The molecular formula is C9H10N2O.